The molecule has 1 aliphatic heterocycles. The van der Waals surface area contributed by atoms with E-state index in [4.69, 9.17) is 17.9 Å². The van der Waals surface area contributed by atoms with E-state index in [-0.39, 0.29) is 12.2 Å². The van der Waals surface area contributed by atoms with Crippen molar-refractivity contribution in [3.8, 4) is 45.3 Å². The Balaban J connectivity index is 1.19. The van der Waals surface area contributed by atoms with Crippen LogP contribution in [0.4, 0.5) is 5.69 Å². The second-order valence-corrected chi connectivity index (χ2v) is 13.4. The van der Waals surface area contributed by atoms with Crippen LogP contribution in [-0.2, 0) is 0 Å². The molecule has 3 aromatic heterocycles. The number of anilines is 1. The van der Waals surface area contributed by atoms with Gasteiger partial charge in [-0.25, -0.2) is 4.98 Å². The lowest BCUT2D eigenvalue weighted by Crippen LogP contribution is -2.21. The van der Waals surface area contributed by atoms with Crippen molar-refractivity contribution in [3.05, 3.63) is 182 Å². The zero-order chi connectivity index (χ0) is 41.2. The molecule has 6 heteroatoms. The first-order valence-electron chi connectivity index (χ1n) is 20.8. The number of ether oxygens (including phenoxy) is 1. The number of rotatable bonds is 7. The number of hydrogen-bond acceptors (Lipinski definition) is 4. The van der Waals surface area contributed by atoms with Gasteiger partial charge < -0.3 is 19.1 Å². The molecule has 0 N–H and O–H groups in total. The van der Waals surface area contributed by atoms with Crippen LogP contribution >= 0.6 is 0 Å². The molecule has 0 saturated carbocycles. The van der Waals surface area contributed by atoms with Crippen LogP contribution in [0.3, 0.4) is 0 Å². The maximum Gasteiger partial charge on any atom is 0.137 e. The van der Waals surface area contributed by atoms with Gasteiger partial charge >= 0.3 is 0 Å². The van der Waals surface area contributed by atoms with Gasteiger partial charge in [0.25, 0.3) is 0 Å². The van der Waals surface area contributed by atoms with Gasteiger partial charge in [-0.3, -0.25) is 4.57 Å². The summed E-state index contributed by atoms with van der Waals surface area (Å²) >= 11 is 0. The zero-order valence-electron chi connectivity index (χ0n) is 35.1. The number of fused-ring (bicyclic) bond motifs is 5. The highest BCUT2D eigenvalue weighted by Crippen LogP contribution is 2.43. The van der Waals surface area contributed by atoms with Crippen molar-refractivity contribution >= 4 is 38.5 Å². The van der Waals surface area contributed by atoms with Crippen molar-refractivity contribution in [1.29, 1.82) is 0 Å². The van der Waals surface area contributed by atoms with E-state index in [0.717, 1.165) is 60.9 Å². The van der Waals surface area contributed by atoms with Crippen molar-refractivity contribution in [3.63, 3.8) is 0 Å². The van der Waals surface area contributed by atoms with Gasteiger partial charge in [0.05, 0.1) is 28.7 Å². The van der Waals surface area contributed by atoms with Gasteiger partial charge in [-0.15, -0.1) is 0 Å². The number of aryl methyl sites for hydroxylation is 1. The number of pyridine rings is 1. The molecule has 0 radical (unpaired) electrons. The lowest BCUT2D eigenvalue weighted by atomic mass is 10.0. The van der Waals surface area contributed by atoms with Crippen LogP contribution in [0, 0.1) is 6.85 Å². The molecule has 6 nitrogen and oxygen atoms in total. The predicted octanol–water partition coefficient (Wildman–Crippen LogP) is 11.7. The molecule has 1 aliphatic rings. The summed E-state index contributed by atoms with van der Waals surface area (Å²) < 4.78 is 60.8. The summed E-state index contributed by atoms with van der Waals surface area (Å²) in [6, 6.07) is 51.4. The first-order chi connectivity index (χ1) is 29.0. The molecule has 54 heavy (non-hydrogen) atoms. The van der Waals surface area contributed by atoms with Crippen molar-refractivity contribution in [2.75, 3.05) is 18.5 Å². The maximum absolute atomic E-state index is 8.65. The Labute approximate surface area is 322 Å². The van der Waals surface area contributed by atoms with Crippen LogP contribution in [0.2, 0.25) is 0 Å². The van der Waals surface area contributed by atoms with E-state index in [0.29, 0.717) is 22.9 Å². The lowest BCUT2D eigenvalue weighted by Gasteiger charge is -2.20. The number of para-hydroxylation sites is 2. The fourth-order valence-electron chi connectivity index (χ4n) is 7.60. The van der Waals surface area contributed by atoms with Gasteiger partial charge in [-0.05, 0) is 77.6 Å². The van der Waals surface area contributed by atoms with E-state index in [1.807, 2.05) is 137 Å². The third kappa shape index (κ3) is 5.39. The Bertz CT molecular complexity index is 3080. The zero-order valence-corrected chi connectivity index (χ0v) is 29.1. The van der Waals surface area contributed by atoms with Crippen molar-refractivity contribution in [2.45, 2.75) is 6.85 Å². The lowest BCUT2D eigenvalue weighted by molar-refractivity contribution is 0.481. The van der Waals surface area contributed by atoms with Gasteiger partial charge in [0.1, 0.15) is 17.3 Å². The van der Waals surface area contributed by atoms with Crippen LogP contribution in [0.25, 0.3) is 66.6 Å². The SMILES string of the molecule is [2H]C([2H])([2H])c1cc(-n2c3cc(Oc4cc(-c5ccccc5)cc(N5C=CN(C([2H])([2H])[2H])C5)c4)ccc3c3c2c2ccccc2n3-c2ccccc2)ncc1-c1ccccc1. The van der Waals surface area contributed by atoms with Crippen molar-refractivity contribution < 1.29 is 13.0 Å². The third-order valence-corrected chi connectivity index (χ3v) is 10.1. The Kier molecular flexibility index (Phi) is 6.15. The molecule has 0 amide bonds. The maximum atomic E-state index is 8.65. The summed E-state index contributed by atoms with van der Waals surface area (Å²) in [5, 5.41) is 1.90. The van der Waals surface area contributed by atoms with Crippen LogP contribution in [0.1, 0.15) is 13.8 Å². The molecular weight excluding hydrogens is 663 g/mol. The molecule has 0 aliphatic carbocycles. The van der Waals surface area contributed by atoms with E-state index in [2.05, 4.69) is 28.8 Å². The van der Waals surface area contributed by atoms with E-state index in [9.17, 15) is 0 Å². The topological polar surface area (TPSA) is 38.5 Å². The first kappa shape index (κ1) is 25.8. The second kappa shape index (κ2) is 12.9. The molecule has 10 rings (SSSR count). The minimum atomic E-state index is -2.43. The quantitative estimate of drug-likeness (QED) is 0.165. The molecule has 0 bridgehead atoms. The van der Waals surface area contributed by atoms with Crippen molar-refractivity contribution in [2.24, 2.45) is 0 Å². The largest absolute Gasteiger partial charge is 0.457 e. The minimum Gasteiger partial charge on any atom is -0.457 e. The molecule has 0 spiro atoms. The van der Waals surface area contributed by atoms with E-state index in [1.165, 1.54) is 4.90 Å². The summed E-state index contributed by atoms with van der Waals surface area (Å²) in [6.45, 7) is -4.54. The summed E-state index contributed by atoms with van der Waals surface area (Å²) in [4.78, 5) is 8.21. The van der Waals surface area contributed by atoms with Gasteiger partial charge in [-0.1, -0.05) is 97.1 Å². The fraction of sp³-hybridized carbons (Fsp3) is 0.0625. The normalized spacial score (nSPS) is 14.9. The summed E-state index contributed by atoms with van der Waals surface area (Å²) in [5.74, 6) is 1.57. The van der Waals surface area contributed by atoms with E-state index < -0.39 is 13.8 Å². The molecule has 0 unspecified atom stereocenters. The average Bonchev–Trinajstić information content (AvgIpc) is 3.98. The van der Waals surface area contributed by atoms with Crippen molar-refractivity contribution in [1.82, 2.24) is 19.0 Å². The molecule has 4 heterocycles. The fourth-order valence-corrected chi connectivity index (χ4v) is 7.60. The molecule has 260 valence electrons. The summed E-state index contributed by atoms with van der Waals surface area (Å²) in [5.41, 5.74) is 8.77. The minimum absolute atomic E-state index is 0.160. The van der Waals surface area contributed by atoms with Crippen LogP contribution in [-0.4, -0.2) is 32.7 Å². The van der Waals surface area contributed by atoms with Gasteiger partial charge in [-0.2, -0.15) is 0 Å². The molecule has 0 fully saturated rings. The molecule has 9 aromatic rings. The van der Waals surface area contributed by atoms with E-state index in [1.54, 1.807) is 24.7 Å². The summed E-state index contributed by atoms with van der Waals surface area (Å²) in [7, 11) is 0. The van der Waals surface area contributed by atoms with Gasteiger partial charge in [0.15, 0.2) is 0 Å². The monoisotopic (exact) mass is 705 g/mol. The molecule has 0 saturated heterocycles. The Morgan fingerprint density at radius 3 is 2.07 bits per heavy atom. The first-order valence-corrected chi connectivity index (χ1v) is 17.8. The third-order valence-electron chi connectivity index (χ3n) is 10.1. The Morgan fingerprint density at radius 2 is 1.30 bits per heavy atom. The smallest absolute Gasteiger partial charge is 0.137 e. The number of nitrogens with zero attached hydrogens (tertiary/aromatic N) is 5. The number of hydrogen-bond donors (Lipinski definition) is 0. The highest BCUT2D eigenvalue weighted by Gasteiger charge is 2.24. The number of aromatic nitrogens is 3. The predicted molar refractivity (Wildman–Crippen MR) is 222 cm³/mol. The van der Waals surface area contributed by atoms with Crippen LogP contribution in [0.5, 0.6) is 11.5 Å². The Morgan fingerprint density at radius 1 is 0.574 bits per heavy atom. The number of benzene rings is 6. The van der Waals surface area contributed by atoms with Gasteiger partial charge in [0.2, 0.25) is 0 Å². The Hall–Kier alpha value is -7.05. The highest BCUT2D eigenvalue weighted by atomic mass is 16.5. The standard InChI is InChI=1S/C48H37N5O/c1-33-26-46(49-31-43(33)35-16-8-4-9-17-35)53-45-30-39(54-40-28-36(34-14-6-3-7-15-34)27-38(29-40)51-25-24-50(2)32-51)22-23-42(45)47-48(53)41-20-12-13-21-44(41)52(47)37-18-10-5-11-19-37/h3-31H,32H2,1-2H3/i1D3,2D3. The molecular formula is C48H37N5O. The van der Waals surface area contributed by atoms with Crippen LogP contribution < -0.4 is 9.64 Å². The van der Waals surface area contributed by atoms with Gasteiger partial charge in [0, 0.05) is 73.6 Å². The molecule has 6 aromatic carbocycles. The second-order valence-electron chi connectivity index (χ2n) is 13.4. The highest BCUT2D eigenvalue weighted by molar-refractivity contribution is 6.20. The average molecular weight is 706 g/mol. The van der Waals surface area contributed by atoms with E-state index >= 15 is 0 Å². The molecule has 0 atom stereocenters. The van der Waals surface area contributed by atoms with Crippen LogP contribution in [0.15, 0.2) is 176 Å². The summed E-state index contributed by atoms with van der Waals surface area (Å²) in [6.07, 6.45) is 5.01.